The van der Waals surface area contributed by atoms with E-state index in [2.05, 4.69) is 10.9 Å². The highest BCUT2D eigenvalue weighted by Crippen LogP contribution is 2.36. The number of phenolic OH excluding ortho intramolecular Hbond substituents is 2. The number of nitrogens with zero attached hydrogens (tertiary/aromatic N) is 1. The Kier molecular flexibility index (Phi) is 3.96. The fourth-order valence-electron chi connectivity index (χ4n) is 1.97. The lowest BCUT2D eigenvalue weighted by molar-refractivity contribution is 0.403. The summed E-state index contributed by atoms with van der Waals surface area (Å²) >= 11 is 3.24. The molecule has 0 spiro atoms. The van der Waals surface area contributed by atoms with Crippen LogP contribution < -0.4 is 0 Å². The van der Waals surface area contributed by atoms with Crippen LogP contribution in [0.15, 0.2) is 47.8 Å². The van der Waals surface area contributed by atoms with Gasteiger partial charge in [-0.3, -0.25) is 0 Å². The fraction of sp³-hybridized carbons (Fsp3) is 0. The number of benzene rings is 1. The van der Waals surface area contributed by atoms with Gasteiger partial charge in [0, 0.05) is 14.6 Å². The van der Waals surface area contributed by atoms with Crippen molar-refractivity contribution in [2.24, 2.45) is 0 Å². The van der Waals surface area contributed by atoms with Gasteiger partial charge in [-0.15, -0.1) is 22.7 Å². The molecule has 2 heterocycles. The predicted molar refractivity (Wildman–Crippen MR) is 91.9 cm³/mol. The van der Waals surface area contributed by atoms with Gasteiger partial charge in [0.25, 0.3) is 0 Å². The number of hydrogen-bond donors (Lipinski definition) is 2. The number of hydrogen-bond acceptors (Lipinski definition) is 4. The van der Waals surface area contributed by atoms with E-state index in [0.29, 0.717) is 11.3 Å². The molecule has 2 N–H and O–H groups in total. The van der Waals surface area contributed by atoms with E-state index < -0.39 is 0 Å². The molecule has 108 valence electrons. The summed E-state index contributed by atoms with van der Waals surface area (Å²) in [6.45, 7) is 7.38. The van der Waals surface area contributed by atoms with E-state index in [1.54, 1.807) is 34.8 Å². The van der Waals surface area contributed by atoms with E-state index in [0.717, 1.165) is 9.75 Å². The molecular formula is C17H11NO2S2. The maximum atomic E-state index is 9.53. The molecule has 1 aromatic carbocycles. The van der Waals surface area contributed by atoms with Gasteiger partial charge in [-0.05, 0) is 41.3 Å². The van der Waals surface area contributed by atoms with Crippen molar-refractivity contribution < 1.29 is 10.2 Å². The smallest absolute Gasteiger partial charge is 0.204 e. The van der Waals surface area contributed by atoms with Gasteiger partial charge in [0.1, 0.15) is 0 Å². The molecule has 0 atom stereocenters. The van der Waals surface area contributed by atoms with Gasteiger partial charge >= 0.3 is 0 Å². The average Bonchev–Trinajstić information content (AvgIpc) is 3.18. The third-order valence-electron chi connectivity index (χ3n) is 3.05. The standard InChI is InChI=1S/C17H11NO2S2/c1-18-12(9-11-4-5-13(19)14(20)10-11)15-6-7-17(22-15)16-3-2-8-21-16/h2-10,19-20H/b12-9-. The van der Waals surface area contributed by atoms with Crippen LogP contribution in [0, 0.1) is 6.57 Å². The molecule has 5 heteroatoms. The maximum absolute atomic E-state index is 9.53. The quantitative estimate of drug-likeness (QED) is 0.506. The summed E-state index contributed by atoms with van der Waals surface area (Å²) in [6, 6.07) is 12.5. The summed E-state index contributed by atoms with van der Waals surface area (Å²) in [6.07, 6.45) is 1.70. The molecule has 0 saturated heterocycles. The topological polar surface area (TPSA) is 44.8 Å². The van der Waals surface area contributed by atoms with Crippen LogP contribution in [0.2, 0.25) is 0 Å². The highest BCUT2D eigenvalue weighted by atomic mass is 32.1. The summed E-state index contributed by atoms with van der Waals surface area (Å²) in [5, 5.41) is 20.9. The Balaban J connectivity index is 1.96. The first kappa shape index (κ1) is 14.4. The van der Waals surface area contributed by atoms with Gasteiger partial charge in [-0.2, -0.15) is 0 Å². The largest absolute Gasteiger partial charge is 0.504 e. The molecule has 0 fully saturated rings. The molecule has 3 rings (SSSR count). The molecule has 0 saturated carbocycles. The second-order valence-corrected chi connectivity index (χ2v) is 6.56. The molecule has 0 aliphatic rings. The minimum absolute atomic E-state index is 0.169. The van der Waals surface area contributed by atoms with Gasteiger partial charge in [0.05, 0.1) is 6.57 Å². The lowest BCUT2D eigenvalue weighted by atomic mass is 10.1. The second kappa shape index (κ2) is 6.06. The maximum Gasteiger partial charge on any atom is 0.204 e. The molecule has 0 aliphatic heterocycles. The fourth-order valence-corrected chi connectivity index (χ4v) is 3.77. The van der Waals surface area contributed by atoms with Crippen molar-refractivity contribution in [2.75, 3.05) is 0 Å². The highest BCUT2D eigenvalue weighted by Gasteiger charge is 2.09. The summed E-state index contributed by atoms with van der Waals surface area (Å²) in [5.41, 5.74) is 1.19. The zero-order chi connectivity index (χ0) is 15.5. The lowest BCUT2D eigenvalue weighted by Gasteiger charge is -2.00. The minimum atomic E-state index is -0.191. The Morgan fingerprint density at radius 2 is 1.91 bits per heavy atom. The molecule has 0 bridgehead atoms. The van der Waals surface area contributed by atoms with E-state index in [-0.39, 0.29) is 11.5 Å². The van der Waals surface area contributed by atoms with Crippen molar-refractivity contribution in [2.45, 2.75) is 0 Å². The molecule has 2 aromatic heterocycles. The van der Waals surface area contributed by atoms with E-state index >= 15 is 0 Å². The van der Waals surface area contributed by atoms with Crippen molar-refractivity contribution in [3.05, 3.63) is 69.7 Å². The first-order chi connectivity index (χ1) is 10.7. The normalized spacial score (nSPS) is 11.3. The van der Waals surface area contributed by atoms with Crippen LogP contribution in [0.3, 0.4) is 0 Å². The van der Waals surface area contributed by atoms with Gasteiger partial charge < -0.3 is 10.2 Å². The first-order valence-corrected chi connectivity index (χ1v) is 8.12. The average molecular weight is 325 g/mol. The zero-order valence-corrected chi connectivity index (χ0v) is 13.0. The Morgan fingerprint density at radius 1 is 1.05 bits per heavy atom. The van der Waals surface area contributed by atoms with Crippen LogP contribution >= 0.6 is 22.7 Å². The van der Waals surface area contributed by atoms with Crippen molar-refractivity contribution in [1.82, 2.24) is 0 Å². The SMILES string of the molecule is [C-]#[N+]/C(=C\c1ccc(O)c(O)c1)c1ccc(-c2cccs2)s1. The van der Waals surface area contributed by atoms with Gasteiger partial charge in [0.15, 0.2) is 11.5 Å². The lowest BCUT2D eigenvalue weighted by Crippen LogP contribution is -1.76. The van der Waals surface area contributed by atoms with Crippen LogP contribution in [0.4, 0.5) is 0 Å². The molecule has 0 radical (unpaired) electrons. The van der Waals surface area contributed by atoms with Gasteiger partial charge in [-0.25, -0.2) is 4.85 Å². The van der Waals surface area contributed by atoms with Crippen molar-refractivity contribution >= 4 is 34.4 Å². The van der Waals surface area contributed by atoms with E-state index in [4.69, 9.17) is 6.57 Å². The Morgan fingerprint density at radius 3 is 2.59 bits per heavy atom. The van der Waals surface area contributed by atoms with Crippen LogP contribution in [0.1, 0.15) is 10.4 Å². The number of phenols is 2. The third kappa shape index (κ3) is 2.89. The van der Waals surface area contributed by atoms with Gasteiger partial charge in [-0.1, -0.05) is 18.2 Å². The number of aromatic hydroxyl groups is 2. The molecule has 3 nitrogen and oxygen atoms in total. The number of thiophene rings is 2. The summed E-state index contributed by atoms with van der Waals surface area (Å²) in [7, 11) is 0. The van der Waals surface area contributed by atoms with Gasteiger partial charge in [0.2, 0.25) is 5.70 Å². The summed E-state index contributed by atoms with van der Waals surface area (Å²) in [4.78, 5) is 6.78. The Labute approximate surface area is 135 Å². The zero-order valence-electron chi connectivity index (χ0n) is 11.4. The van der Waals surface area contributed by atoms with Crippen LogP contribution in [0.5, 0.6) is 11.5 Å². The molecule has 22 heavy (non-hydrogen) atoms. The molecular weight excluding hydrogens is 314 g/mol. The van der Waals surface area contributed by atoms with Crippen molar-refractivity contribution in [1.29, 1.82) is 0 Å². The first-order valence-electron chi connectivity index (χ1n) is 6.42. The van der Waals surface area contributed by atoms with Crippen molar-refractivity contribution in [3.8, 4) is 21.3 Å². The molecule has 3 aromatic rings. The van der Waals surface area contributed by atoms with Crippen LogP contribution in [-0.4, -0.2) is 10.2 Å². The van der Waals surface area contributed by atoms with E-state index in [9.17, 15) is 10.2 Å². The number of rotatable bonds is 3. The third-order valence-corrected chi connectivity index (χ3v) is 5.22. The molecule has 0 aliphatic carbocycles. The van der Waals surface area contributed by atoms with E-state index in [1.165, 1.54) is 17.0 Å². The Hall–Kier alpha value is -2.55. The molecule has 0 amide bonds. The highest BCUT2D eigenvalue weighted by molar-refractivity contribution is 7.21. The van der Waals surface area contributed by atoms with E-state index in [1.807, 2.05) is 23.6 Å². The monoisotopic (exact) mass is 325 g/mol. The minimum Gasteiger partial charge on any atom is -0.504 e. The predicted octanol–water partition coefficient (Wildman–Crippen LogP) is 5.31. The summed E-state index contributed by atoms with van der Waals surface area (Å²) in [5.74, 6) is -0.360. The Bertz CT molecular complexity index is 870. The second-order valence-electron chi connectivity index (χ2n) is 4.53. The van der Waals surface area contributed by atoms with Crippen LogP contribution in [-0.2, 0) is 0 Å². The van der Waals surface area contributed by atoms with Crippen LogP contribution in [0.25, 0.3) is 26.4 Å². The van der Waals surface area contributed by atoms with Crippen molar-refractivity contribution in [3.63, 3.8) is 0 Å². The summed E-state index contributed by atoms with van der Waals surface area (Å²) < 4.78 is 0. The molecule has 0 unspecified atom stereocenters.